The molecule has 6 heteroatoms. The third kappa shape index (κ3) is 4.07. The first-order valence-corrected chi connectivity index (χ1v) is 6.74. The number of hydrogen-bond acceptors (Lipinski definition) is 4. The van der Waals surface area contributed by atoms with Crippen molar-refractivity contribution in [2.75, 3.05) is 0 Å². The second-order valence-corrected chi connectivity index (χ2v) is 6.30. The van der Waals surface area contributed by atoms with Crippen LogP contribution in [0, 0.1) is 0 Å². The van der Waals surface area contributed by atoms with Crippen LogP contribution in [0.4, 0.5) is 0 Å². The minimum Gasteiger partial charge on any atom is -0.508 e. The van der Waals surface area contributed by atoms with Crippen LogP contribution in [0.2, 0.25) is 0 Å². The van der Waals surface area contributed by atoms with Gasteiger partial charge in [-0.3, -0.25) is 4.79 Å². The standard InChI is InChI=1S/C11H14O5S/c1-8(5-11(13)14)17(15,16)7-9-3-2-4-10(12)6-9/h2-4,6,8,12H,5,7H2,1H3,(H,13,14). The Bertz CT molecular complexity index is 506. The molecule has 2 N–H and O–H groups in total. The number of carbonyl (C=O) groups is 1. The van der Waals surface area contributed by atoms with Gasteiger partial charge in [0.2, 0.25) is 0 Å². The third-order valence-corrected chi connectivity index (χ3v) is 4.48. The van der Waals surface area contributed by atoms with Crippen LogP contribution in [0.3, 0.4) is 0 Å². The molecule has 0 aliphatic heterocycles. The van der Waals surface area contributed by atoms with Crippen molar-refractivity contribution in [3.8, 4) is 5.75 Å². The summed E-state index contributed by atoms with van der Waals surface area (Å²) in [5.41, 5.74) is 0.447. The topological polar surface area (TPSA) is 91.7 Å². The van der Waals surface area contributed by atoms with Crippen molar-refractivity contribution in [3.63, 3.8) is 0 Å². The Morgan fingerprint density at radius 2 is 2.06 bits per heavy atom. The highest BCUT2D eigenvalue weighted by Crippen LogP contribution is 2.17. The molecule has 0 saturated carbocycles. The first kappa shape index (κ1) is 13.5. The maximum absolute atomic E-state index is 11.8. The number of carboxylic acid groups (broad SMARTS) is 1. The van der Waals surface area contributed by atoms with E-state index in [0.29, 0.717) is 5.56 Å². The van der Waals surface area contributed by atoms with Gasteiger partial charge in [0, 0.05) is 0 Å². The van der Waals surface area contributed by atoms with E-state index in [9.17, 15) is 18.3 Å². The minimum absolute atomic E-state index is 0.0106. The van der Waals surface area contributed by atoms with Gasteiger partial charge in [0.1, 0.15) is 5.75 Å². The highest BCUT2D eigenvalue weighted by molar-refractivity contribution is 7.91. The SMILES string of the molecule is CC(CC(=O)O)S(=O)(=O)Cc1cccc(O)c1. The lowest BCUT2D eigenvalue weighted by atomic mass is 10.2. The van der Waals surface area contributed by atoms with Crippen molar-refractivity contribution >= 4 is 15.8 Å². The fourth-order valence-corrected chi connectivity index (χ4v) is 2.72. The van der Waals surface area contributed by atoms with Crippen molar-refractivity contribution < 1.29 is 23.4 Å². The molecule has 0 aliphatic carbocycles. The van der Waals surface area contributed by atoms with Crippen molar-refractivity contribution in [1.29, 1.82) is 0 Å². The highest BCUT2D eigenvalue weighted by Gasteiger charge is 2.23. The zero-order chi connectivity index (χ0) is 13.1. The van der Waals surface area contributed by atoms with Gasteiger partial charge in [-0.05, 0) is 24.6 Å². The van der Waals surface area contributed by atoms with Crippen LogP contribution < -0.4 is 0 Å². The molecule has 5 nitrogen and oxygen atoms in total. The van der Waals surface area contributed by atoms with Crippen molar-refractivity contribution in [1.82, 2.24) is 0 Å². The van der Waals surface area contributed by atoms with Gasteiger partial charge in [-0.2, -0.15) is 0 Å². The molecule has 0 amide bonds. The zero-order valence-corrected chi connectivity index (χ0v) is 10.1. The molecule has 1 atom stereocenters. The van der Waals surface area contributed by atoms with Crippen molar-refractivity contribution in [2.24, 2.45) is 0 Å². The molecular weight excluding hydrogens is 244 g/mol. The van der Waals surface area contributed by atoms with Crippen LogP contribution in [0.25, 0.3) is 0 Å². The summed E-state index contributed by atoms with van der Waals surface area (Å²) in [6.07, 6.45) is -0.416. The Hall–Kier alpha value is -1.56. The van der Waals surface area contributed by atoms with E-state index in [1.807, 2.05) is 0 Å². The van der Waals surface area contributed by atoms with Gasteiger partial charge in [-0.15, -0.1) is 0 Å². The Kier molecular flexibility index (Phi) is 4.11. The molecule has 1 aromatic carbocycles. The molecule has 17 heavy (non-hydrogen) atoms. The van der Waals surface area contributed by atoms with E-state index in [4.69, 9.17) is 5.11 Å². The number of sulfone groups is 1. The molecule has 0 saturated heterocycles. The molecule has 0 spiro atoms. The highest BCUT2D eigenvalue weighted by atomic mass is 32.2. The first-order valence-electron chi connectivity index (χ1n) is 5.02. The minimum atomic E-state index is -3.52. The van der Waals surface area contributed by atoms with Crippen LogP contribution in [-0.4, -0.2) is 29.9 Å². The molecule has 0 aromatic heterocycles. The van der Waals surface area contributed by atoms with Crippen molar-refractivity contribution in [3.05, 3.63) is 29.8 Å². The van der Waals surface area contributed by atoms with Gasteiger partial charge < -0.3 is 10.2 Å². The number of carboxylic acids is 1. The second kappa shape index (κ2) is 5.18. The number of aromatic hydroxyl groups is 1. The van der Waals surface area contributed by atoms with E-state index in [1.54, 1.807) is 12.1 Å². The van der Waals surface area contributed by atoms with Crippen LogP contribution >= 0.6 is 0 Å². The summed E-state index contributed by atoms with van der Waals surface area (Å²) in [6, 6.07) is 5.91. The number of rotatable bonds is 5. The Balaban J connectivity index is 2.83. The predicted octanol–water partition coefficient (Wildman–Crippen LogP) is 1.17. The average molecular weight is 258 g/mol. The van der Waals surface area contributed by atoms with Crippen molar-refractivity contribution in [2.45, 2.75) is 24.3 Å². The van der Waals surface area contributed by atoms with E-state index in [2.05, 4.69) is 0 Å². The normalized spacial score (nSPS) is 13.2. The first-order chi connectivity index (χ1) is 7.81. The summed E-state index contributed by atoms with van der Waals surface area (Å²) in [5, 5.41) is 16.8. The third-order valence-electron chi connectivity index (χ3n) is 2.35. The van der Waals surface area contributed by atoms with Crippen LogP contribution in [-0.2, 0) is 20.4 Å². The molecule has 1 rings (SSSR count). The summed E-state index contributed by atoms with van der Waals surface area (Å²) >= 11 is 0. The molecule has 0 fully saturated rings. The Morgan fingerprint density at radius 3 is 2.59 bits per heavy atom. The summed E-state index contributed by atoms with van der Waals surface area (Å²) in [6.45, 7) is 1.37. The summed E-state index contributed by atoms with van der Waals surface area (Å²) < 4.78 is 23.6. The molecule has 1 aromatic rings. The van der Waals surface area contributed by atoms with Crippen LogP contribution in [0.5, 0.6) is 5.75 Å². The maximum atomic E-state index is 11.8. The quantitative estimate of drug-likeness (QED) is 0.827. The number of hydrogen-bond donors (Lipinski definition) is 2. The monoisotopic (exact) mass is 258 g/mol. The second-order valence-electron chi connectivity index (χ2n) is 3.89. The lowest BCUT2D eigenvalue weighted by Gasteiger charge is -2.10. The van der Waals surface area contributed by atoms with E-state index in [1.165, 1.54) is 19.1 Å². The fraction of sp³-hybridized carbons (Fsp3) is 0.364. The Labute approximate surface area is 99.6 Å². The summed E-state index contributed by atoms with van der Waals surface area (Å²) in [4.78, 5) is 10.5. The van der Waals surface area contributed by atoms with Gasteiger partial charge >= 0.3 is 5.97 Å². The molecule has 0 aliphatic rings. The average Bonchev–Trinajstić information content (AvgIpc) is 2.15. The lowest BCUT2D eigenvalue weighted by molar-refractivity contribution is -0.136. The fourth-order valence-electron chi connectivity index (χ4n) is 1.39. The summed E-state index contributed by atoms with van der Waals surface area (Å²) in [7, 11) is -3.52. The van der Waals surface area contributed by atoms with Gasteiger partial charge in [0.25, 0.3) is 0 Å². The van der Waals surface area contributed by atoms with Gasteiger partial charge in [-0.1, -0.05) is 12.1 Å². The molecular formula is C11H14O5S. The molecule has 0 heterocycles. The number of benzene rings is 1. The van der Waals surface area contributed by atoms with E-state index in [-0.39, 0.29) is 11.5 Å². The van der Waals surface area contributed by atoms with E-state index < -0.39 is 27.5 Å². The zero-order valence-electron chi connectivity index (χ0n) is 9.33. The smallest absolute Gasteiger partial charge is 0.304 e. The summed E-state index contributed by atoms with van der Waals surface area (Å²) in [5.74, 6) is -1.42. The number of aliphatic carboxylic acids is 1. The molecule has 0 bridgehead atoms. The molecule has 0 radical (unpaired) electrons. The predicted molar refractivity (Wildman–Crippen MR) is 62.4 cm³/mol. The van der Waals surface area contributed by atoms with Gasteiger partial charge in [0.05, 0.1) is 17.4 Å². The van der Waals surface area contributed by atoms with Gasteiger partial charge in [-0.25, -0.2) is 8.42 Å². The van der Waals surface area contributed by atoms with E-state index in [0.717, 1.165) is 0 Å². The van der Waals surface area contributed by atoms with Gasteiger partial charge in [0.15, 0.2) is 9.84 Å². The maximum Gasteiger partial charge on any atom is 0.304 e. The Morgan fingerprint density at radius 1 is 1.41 bits per heavy atom. The number of phenolic OH excluding ortho intramolecular Hbond substituents is 1. The largest absolute Gasteiger partial charge is 0.508 e. The van der Waals surface area contributed by atoms with E-state index >= 15 is 0 Å². The van der Waals surface area contributed by atoms with Crippen LogP contribution in [0.1, 0.15) is 18.9 Å². The molecule has 94 valence electrons. The van der Waals surface area contributed by atoms with Crippen LogP contribution in [0.15, 0.2) is 24.3 Å². The molecule has 1 unspecified atom stereocenters. The number of phenols is 1. The lowest BCUT2D eigenvalue weighted by Crippen LogP contribution is -2.22.